The van der Waals surface area contributed by atoms with Gasteiger partial charge in [0.15, 0.2) is 0 Å². The van der Waals surface area contributed by atoms with E-state index in [0.717, 1.165) is 31.6 Å². The van der Waals surface area contributed by atoms with Crippen molar-refractivity contribution in [3.8, 4) is 0 Å². The first-order valence-corrected chi connectivity index (χ1v) is 10.9. The summed E-state index contributed by atoms with van der Waals surface area (Å²) in [5, 5.41) is 0. The van der Waals surface area contributed by atoms with E-state index in [4.69, 9.17) is 0 Å². The number of hydrogen-bond donors (Lipinski definition) is 1. The molecule has 0 aliphatic heterocycles. The molecule has 1 unspecified atom stereocenters. The van der Waals surface area contributed by atoms with Crippen LogP contribution in [0.25, 0.3) is 0 Å². The highest BCUT2D eigenvalue weighted by Gasteiger charge is 2.30. The van der Waals surface area contributed by atoms with Crippen LogP contribution >= 0.6 is 0 Å². The predicted octanol–water partition coefficient (Wildman–Crippen LogP) is 5.49. The van der Waals surface area contributed by atoms with Crippen LogP contribution in [0.4, 0.5) is 13.2 Å². The molecule has 0 spiro atoms. The van der Waals surface area contributed by atoms with E-state index in [9.17, 15) is 13.2 Å². The van der Waals surface area contributed by atoms with E-state index in [2.05, 4.69) is 67.9 Å². The fourth-order valence-electron chi connectivity index (χ4n) is 3.86. The van der Waals surface area contributed by atoms with Crippen molar-refractivity contribution in [3.05, 3.63) is 94.8 Å². The van der Waals surface area contributed by atoms with Crippen molar-refractivity contribution in [1.82, 2.24) is 4.57 Å². The number of rotatable bonds is 9. The second kappa shape index (κ2) is 10.2. The molecule has 1 N–H and O–H groups in total. The predicted molar refractivity (Wildman–Crippen MR) is 119 cm³/mol. The van der Waals surface area contributed by atoms with E-state index < -0.39 is 11.7 Å². The number of hydrogen-bond acceptors (Lipinski definition) is 0. The Morgan fingerprint density at radius 1 is 0.903 bits per heavy atom. The standard InChI is InChI=1S/C26H31F3N2/c1-20(2)13-15-30(17-22-9-11-24(12-10-22)26(27,28)29)19-25-8-5-14-31(25)18-23-7-4-6-21(3)16-23/h4-12,14,16,20H,13,15,17-19H2,1-3H3/p+1. The lowest BCUT2D eigenvalue weighted by Gasteiger charge is -2.22. The summed E-state index contributed by atoms with van der Waals surface area (Å²) in [5.74, 6) is 0.585. The van der Waals surface area contributed by atoms with E-state index in [0.29, 0.717) is 12.5 Å². The Morgan fingerprint density at radius 3 is 2.29 bits per heavy atom. The molecule has 0 radical (unpaired) electrons. The van der Waals surface area contributed by atoms with Crippen LogP contribution in [0.15, 0.2) is 66.9 Å². The van der Waals surface area contributed by atoms with Crippen molar-refractivity contribution in [2.75, 3.05) is 6.54 Å². The Labute approximate surface area is 183 Å². The van der Waals surface area contributed by atoms with Gasteiger partial charge in [0.25, 0.3) is 0 Å². The minimum absolute atomic E-state index is 0.585. The van der Waals surface area contributed by atoms with E-state index in [-0.39, 0.29) is 0 Å². The summed E-state index contributed by atoms with van der Waals surface area (Å²) in [5.41, 5.74) is 4.10. The van der Waals surface area contributed by atoms with Crippen LogP contribution in [0.3, 0.4) is 0 Å². The highest BCUT2D eigenvalue weighted by Crippen LogP contribution is 2.29. The van der Waals surface area contributed by atoms with E-state index in [1.807, 2.05) is 0 Å². The van der Waals surface area contributed by atoms with Crippen molar-refractivity contribution in [2.45, 2.75) is 53.0 Å². The van der Waals surface area contributed by atoms with Gasteiger partial charge in [0.05, 0.1) is 17.8 Å². The number of nitrogens with one attached hydrogen (secondary N) is 1. The van der Waals surface area contributed by atoms with Gasteiger partial charge in [-0.05, 0) is 49.1 Å². The summed E-state index contributed by atoms with van der Waals surface area (Å²) in [6.07, 6.45) is -1.11. The normalized spacial score (nSPS) is 13.0. The minimum atomic E-state index is -4.29. The summed E-state index contributed by atoms with van der Waals surface area (Å²) < 4.78 is 40.9. The molecule has 166 valence electrons. The smallest absolute Gasteiger partial charge is 0.342 e. The van der Waals surface area contributed by atoms with Gasteiger partial charge in [0.1, 0.15) is 13.1 Å². The van der Waals surface area contributed by atoms with Gasteiger partial charge in [0, 0.05) is 18.3 Å². The first kappa shape index (κ1) is 23.1. The molecule has 0 aliphatic rings. The van der Waals surface area contributed by atoms with Crippen LogP contribution in [-0.2, 0) is 25.8 Å². The summed E-state index contributed by atoms with van der Waals surface area (Å²) in [6.45, 7) is 9.86. The Kier molecular flexibility index (Phi) is 7.60. The van der Waals surface area contributed by atoms with Crippen molar-refractivity contribution in [2.24, 2.45) is 5.92 Å². The maximum absolute atomic E-state index is 12.9. The van der Waals surface area contributed by atoms with Crippen LogP contribution in [-0.4, -0.2) is 11.1 Å². The Morgan fingerprint density at radius 2 is 1.65 bits per heavy atom. The second-order valence-corrected chi connectivity index (χ2v) is 8.85. The van der Waals surface area contributed by atoms with Gasteiger partial charge in [0.2, 0.25) is 0 Å². The third-order valence-electron chi connectivity index (χ3n) is 5.60. The number of halogens is 3. The molecule has 1 atom stereocenters. The average Bonchev–Trinajstić information content (AvgIpc) is 3.12. The maximum Gasteiger partial charge on any atom is 0.416 e. The number of aryl methyl sites for hydroxylation is 1. The summed E-state index contributed by atoms with van der Waals surface area (Å²) >= 11 is 0. The highest BCUT2D eigenvalue weighted by atomic mass is 19.4. The van der Waals surface area contributed by atoms with Gasteiger partial charge in [-0.2, -0.15) is 13.2 Å². The molecule has 0 saturated heterocycles. The molecule has 0 saturated carbocycles. The molecule has 0 amide bonds. The summed E-state index contributed by atoms with van der Waals surface area (Å²) in [4.78, 5) is 1.36. The van der Waals surface area contributed by atoms with Gasteiger partial charge >= 0.3 is 6.18 Å². The lowest BCUT2D eigenvalue weighted by Crippen LogP contribution is -3.09. The third-order valence-corrected chi connectivity index (χ3v) is 5.60. The fourth-order valence-corrected chi connectivity index (χ4v) is 3.86. The van der Waals surface area contributed by atoms with Crippen molar-refractivity contribution in [3.63, 3.8) is 0 Å². The van der Waals surface area contributed by atoms with Gasteiger partial charge < -0.3 is 9.47 Å². The Hall–Kier alpha value is -2.53. The molecule has 2 nitrogen and oxygen atoms in total. The van der Waals surface area contributed by atoms with Gasteiger partial charge in [-0.1, -0.05) is 55.8 Å². The van der Waals surface area contributed by atoms with Gasteiger partial charge in [-0.25, -0.2) is 0 Å². The SMILES string of the molecule is Cc1cccc(Cn2cccc2C[NH+](CCC(C)C)Cc2ccc(C(F)(F)F)cc2)c1. The lowest BCUT2D eigenvalue weighted by atomic mass is 10.1. The zero-order chi connectivity index (χ0) is 22.4. The molecule has 1 heterocycles. The average molecular weight is 430 g/mol. The Bertz CT molecular complexity index is 955. The maximum atomic E-state index is 12.9. The number of nitrogens with zero attached hydrogens (tertiary/aromatic N) is 1. The topological polar surface area (TPSA) is 9.37 Å². The molecule has 3 aromatic rings. The first-order chi connectivity index (χ1) is 14.7. The quantitative estimate of drug-likeness (QED) is 0.460. The van der Waals surface area contributed by atoms with Crippen LogP contribution in [0, 0.1) is 12.8 Å². The third kappa shape index (κ3) is 7.00. The molecule has 0 aliphatic carbocycles. The molecule has 2 aromatic carbocycles. The van der Waals surface area contributed by atoms with Gasteiger partial charge in [-0.15, -0.1) is 0 Å². The zero-order valence-corrected chi connectivity index (χ0v) is 18.5. The number of aromatic nitrogens is 1. The molecular formula is C26H32F3N2+. The summed E-state index contributed by atoms with van der Waals surface area (Å²) in [7, 11) is 0. The molecule has 31 heavy (non-hydrogen) atoms. The lowest BCUT2D eigenvalue weighted by molar-refractivity contribution is -0.928. The van der Waals surface area contributed by atoms with Gasteiger partial charge in [-0.3, -0.25) is 0 Å². The molecule has 0 fully saturated rings. The molecule has 3 rings (SSSR count). The number of benzene rings is 2. The van der Waals surface area contributed by atoms with Crippen molar-refractivity contribution in [1.29, 1.82) is 0 Å². The van der Waals surface area contributed by atoms with Crippen LogP contribution < -0.4 is 4.90 Å². The first-order valence-electron chi connectivity index (χ1n) is 10.9. The molecular weight excluding hydrogens is 397 g/mol. The van der Waals surface area contributed by atoms with E-state index >= 15 is 0 Å². The van der Waals surface area contributed by atoms with Crippen LogP contribution in [0.1, 0.15) is 48.2 Å². The number of quaternary nitrogens is 1. The minimum Gasteiger partial charge on any atom is -0.342 e. The largest absolute Gasteiger partial charge is 0.416 e. The molecule has 0 bridgehead atoms. The Balaban J connectivity index is 1.73. The van der Waals surface area contributed by atoms with Crippen molar-refractivity contribution < 1.29 is 18.1 Å². The second-order valence-electron chi connectivity index (χ2n) is 8.85. The zero-order valence-electron chi connectivity index (χ0n) is 18.5. The summed E-state index contributed by atoms with van der Waals surface area (Å²) in [6, 6.07) is 18.4. The number of alkyl halides is 3. The van der Waals surface area contributed by atoms with Crippen LogP contribution in [0.5, 0.6) is 0 Å². The monoisotopic (exact) mass is 429 g/mol. The van der Waals surface area contributed by atoms with Crippen molar-refractivity contribution >= 4 is 0 Å². The molecule has 1 aromatic heterocycles. The van der Waals surface area contributed by atoms with E-state index in [1.54, 1.807) is 12.1 Å². The fraction of sp³-hybridized carbons (Fsp3) is 0.385. The van der Waals surface area contributed by atoms with Crippen LogP contribution in [0.2, 0.25) is 0 Å². The highest BCUT2D eigenvalue weighted by molar-refractivity contribution is 5.24. The molecule has 5 heteroatoms. The van der Waals surface area contributed by atoms with E-state index in [1.165, 1.54) is 33.9 Å².